The molecule has 0 aromatic carbocycles. The van der Waals surface area contributed by atoms with Crippen LogP contribution in [-0.4, -0.2) is 4.43 Å². The Morgan fingerprint density at radius 3 is 2.62 bits per heavy atom. The molecule has 0 aromatic rings. The van der Waals surface area contributed by atoms with Gasteiger partial charge in [0.05, 0.1) is 4.43 Å². The van der Waals surface area contributed by atoms with Crippen molar-refractivity contribution < 1.29 is 0 Å². The molecule has 0 aliphatic rings. The minimum Gasteiger partial charge on any atom is -0.103 e. The van der Waals surface area contributed by atoms with Gasteiger partial charge in [0.1, 0.15) is 0 Å². The fourth-order valence-corrected chi connectivity index (χ4v) is 0.670. The molecule has 0 rings (SSSR count). The van der Waals surface area contributed by atoms with E-state index in [2.05, 4.69) is 41.4 Å². The van der Waals surface area contributed by atoms with Crippen LogP contribution in [0.2, 0.25) is 0 Å². The van der Waals surface area contributed by atoms with E-state index in [1.54, 1.807) is 0 Å². The maximum absolute atomic E-state index is 3.08. The Bertz CT molecular complexity index is 86.3. The zero-order valence-corrected chi connectivity index (χ0v) is 7.36. The van der Waals surface area contributed by atoms with Gasteiger partial charge in [0, 0.05) is 6.42 Å². The summed E-state index contributed by atoms with van der Waals surface area (Å²) in [4.78, 5) is 0. The molecule has 0 spiro atoms. The maximum atomic E-state index is 3.08. The van der Waals surface area contributed by atoms with Gasteiger partial charge < -0.3 is 0 Å². The van der Waals surface area contributed by atoms with Crippen molar-refractivity contribution in [1.82, 2.24) is 0 Å². The first-order valence-corrected chi connectivity index (χ1v) is 4.46. The number of unbranched alkanes of at least 4 members (excludes halogenated alkanes) is 2. The molecule has 0 fully saturated rings. The van der Waals surface area contributed by atoms with Crippen LogP contribution >= 0.6 is 22.6 Å². The van der Waals surface area contributed by atoms with Gasteiger partial charge in [-0.05, 0) is 6.42 Å². The van der Waals surface area contributed by atoms with E-state index in [0.717, 1.165) is 10.8 Å². The topological polar surface area (TPSA) is 0 Å². The van der Waals surface area contributed by atoms with E-state index >= 15 is 0 Å². The van der Waals surface area contributed by atoms with Crippen LogP contribution in [0.1, 0.15) is 26.2 Å². The van der Waals surface area contributed by atoms with Gasteiger partial charge in [0.2, 0.25) is 0 Å². The molecule has 0 amide bonds. The van der Waals surface area contributed by atoms with E-state index in [0.29, 0.717) is 0 Å². The molecule has 0 saturated carbocycles. The maximum Gasteiger partial charge on any atom is 0.0609 e. The number of alkyl halides is 1. The van der Waals surface area contributed by atoms with Crippen molar-refractivity contribution >= 4 is 22.6 Å². The summed E-state index contributed by atoms with van der Waals surface area (Å²) >= 11 is 2.27. The molecule has 0 aromatic heterocycles. The summed E-state index contributed by atoms with van der Waals surface area (Å²) in [5.74, 6) is 6.10. The third-order valence-corrected chi connectivity index (χ3v) is 1.23. The van der Waals surface area contributed by atoms with Crippen molar-refractivity contribution in [1.29, 1.82) is 0 Å². The van der Waals surface area contributed by atoms with Crippen LogP contribution in [0.25, 0.3) is 0 Å². The Morgan fingerprint density at radius 2 is 2.12 bits per heavy atom. The Labute approximate surface area is 65.2 Å². The fourth-order valence-electron chi connectivity index (χ4n) is 0.401. The second-order valence-electron chi connectivity index (χ2n) is 1.59. The number of halogens is 1. The molecule has 8 heavy (non-hydrogen) atoms. The van der Waals surface area contributed by atoms with E-state index in [1.165, 1.54) is 12.8 Å². The standard InChI is InChI=1S/C7H11I/c1-2-3-4-5-6-7-8/h2-4,7H2,1H3. The van der Waals surface area contributed by atoms with Crippen molar-refractivity contribution in [2.75, 3.05) is 4.43 Å². The molecule has 0 N–H and O–H groups in total. The lowest BCUT2D eigenvalue weighted by molar-refractivity contribution is 0.828. The Balaban J connectivity index is 2.90. The van der Waals surface area contributed by atoms with Crippen molar-refractivity contribution in [2.45, 2.75) is 26.2 Å². The first kappa shape index (κ1) is 8.29. The van der Waals surface area contributed by atoms with Gasteiger partial charge in [-0.1, -0.05) is 41.9 Å². The molecule has 0 aliphatic carbocycles. The van der Waals surface area contributed by atoms with Gasteiger partial charge in [0.15, 0.2) is 0 Å². The van der Waals surface area contributed by atoms with Gasteiger partial charge in [-0.15, -0.1) is 5.92 Å². The highest BCUT2D eigenvalue weighted by Gasteiger charge is 1.73. The van der Waals surface area contributed by atoms with E-state index in [1.807, 2.05) is 0 Å². The monoisotopic (exact) mass is 222 g/mol. The van der Waals surface area contributed by atoms with Crippen LogP contribution in [0.3, 0.4) is 0 Å². The quantitative estimate of drug-likeness (QED) is 0.291. The minimum atomic E-state index is 0.974. The van der Waals surface area contributed by atoms with Gasteiger partial charge >= 0.3 is 0 Å². The third kappa shape index (κ3) is 6.29. The SMILES string of the molecule is CCCCC#CCI. The molecule has 0 aliphatic heterocycles. The molecule has 46 valence electrons. The second kappa shape index (κ2) is 7.29. The number of hydrogen-bond acceptors (Lipinski definition) is 0. The Kier molecular flexibility index (Phi) is 7.55. The van der Waals surface area contributed by atoms with Crippen molar-refractivity contribution in [3.05, 3.63) is 0 Å². The van der Waals surface area contributed by atoms with Crippen molar-refractivity contribution in [3.63, 3.8) is 0 Å². The van der Waals surface area contributed by atoms with Crippen LogP contribution in [0.4, 0.5) is 0 Å². The summed E-state index contributed by atoms with van der Waals surface area (Å²) in [6.07, 6.45) is 3.60. The normalized spacial score (nSPS) is 7.75. The predicted molar refractivity (Wildman–Crippen MR) is 46.2 cm³/mol. The van der Waals surface area contributed by atoms with Gasteiger partial charge in [-0.2, -0.15) is 0 Å². The van der Waals surface area contributed by atoms with Crippen LogP contribution in [0.5, 0.6) is 0 Å². The average Bonchev–Trinajstić information content (AvgIpc) is 1.81. The molecule has 1 heteroatoms. The zero-order chi connectivity index (χ0) is 6.24. The first-order chi connectivity index (χ1) is 3.91. The molecular weight excluding hydrogens is 211 g/mol. The predicted octanol–water partition coefficient (Wildman–Crippen LogP) is 2.62. The van der Waals surface area contributed by atoms with Gasteiger partial charge in [-0.3, -0.25) is 0 Å². The van der Waals surface area contributed by atoms with Crippen molar-refractivity contribution in [2.24, 2.45) is 0 Å². The summed E-state index contributed by atoms with van der Waals surface area (Å²) < 4.78 is 0.974. The third-order valence-electron chi connectivity index (χ3n) is 0.847. The molecule has 0 radical (unpaired) electrons. The van der Waals surface area contributed by atoms with Crippen LogP contribution in [0.15, 0.2) is 0 Å². The molecule has 0 nitrogen and oxygen atoms in total. The highest BCUT2D eigenvalue weighted by Crippen LogP contribution is 1.90. The summed E-state index contributed by atoms with van der Waals surface area (Å²) in [5, 5.41) is 0. The van der Waals surface area contributed by atoms with Crippen LogP contribution < -0.4 is 0 Å². The largest absolute Gasteiger partial charge is 0.103 e. The van der Waals surface area contributed by atoms with Crippen molar-refractivity contribution in [3.8, 4) is 11.8 Å². The zero-order valence-electron chi connectivity index (χ0n) is 5.21. The summed E-state index contributed by atoms with van der Waals surface area (Å²) in [7, 11) is 0. The van der Waals surface area contributed by atoms with Gasteiger partial charge in [-0.25, -0.2) is 0 Å². The summed E-state index contributed by atoms with van der Waals surface area (Å²) in [5.41, 5.74) is 0. The van der Waals surface area contributed by atoms with Crippen LogP contribution in [0, 0.1) is 11.8 Å². The molecule has 0 saturated heterocycles. The lowest BCUT2D eigenvalue weighted by Crippen LogP contribution is -1.66. The first-order valence-electron chi connectivity index (χ1n) is 2.93. The van der Waals surface area contributed by atoms with E-state index in [-0.39, 0.29) is 0 Å². The lowest BCUT2D eigenvalue weighted by Gasteiger charge is -1.81. The summed E-state index contributed by atoms with van der Waals surface area (Å²) in [6, 6.07) is 0. The Morgan fingerprint density at radius 1 is 1.38 bits per heavy atom. The molecular formula is C7H11I. The lowest BCUT2D eigenvalue weighted by atomic mass is 10.3. The van der Waals surface area contributed by atoms with Crippen LogP contribution in [-0.2, 0) is 0 Å². The van der Waals surface area contributed by atoms with E-state index < -0.39 is 0 Å². The molecule has 0 unspecified atom stereocenters. The minimum absolute atomic E-state index is 0.974. The van der Waals surface area contributed by atoms with E-state index in [9.17, 15) is 0 Å². The number of rotatable bonds is 2. The average molecular weight is 222 g/mol. The highest BCUT2D eigenvalue weighted by atomic mass is 127. The number of hydrogen-bond donors (Lipinski definition) is 0. The van der Waals surface area contributed by atoms with E-state index in [4.69, 9.17) is 0 Å². The second-order valence-corrected chi connectivity index (χ2v) is 2.35. The van der Waals surface area contributed by atoms with Gasteiger partial charge in [0.25, 0.3) is 0 Å². The molecule has 0 heterocycles. The highest BCUT2D eigenvalue weighted by molar-refractivity contribution is 14.1. The molecule has 0 bridgehead atoms. The Hall–Kier alpha value is 0.290. The molecule has 0 atom stereocenters. The summed E-state index contributed by atoms with van der Waals surface area (Å²) in [6.45, 7) is 2.19. The smallest absolute Gasteiger partial charge is 0.0609 e. The fraction of sp³-hybridized carbons (Fsp3) is 0.714.